The smallest absolute Gasteiger partial charge is 0.0706 e. The first kappa shape index (κ1) is 9.87. The quantitative estimate of drug-likeness (QED) is 0.770. The van der Waals surface area contributed by atoms with Gasteiger partial charge in [-0.2, -0.15) is 0 Å². The Bertz CT molecular complexity index is 477. The van der Waals surface area contributed by atoms with Gasteiger partial charge in [0.15, 0.2) is 0 Å². The Hall–Kier alpha value is -1.67. The van der Waals surface area contributed by atoms with E-state index in [1.165, 1.54) is 0 Å². The van der Waals surface area contributed by atoms with Gasteiger partial charge < -0.3 is 5.73 Å². The molecule has 2 N–H and O–H groups in total. The number of hydrogen-bond acceptors (Lipinski definition) is 2. The van der Waals surface area contributed by atoms with E-state index < -0.39 is 0 Å². The van der Waals surface area contributed by atoms with Crippen LogP contribution in [0.5, 0.6) is 0 Å². The molecule has 76 valence electrons. The summed E-state index contributed by atoms with van der Waals surface area (Å²) in [4.78, 5) is 4.52. The van der Waals surface area contributed by atoms with Crippen molar-refractivity contribution in [1.82, 2.24) is 4.98 Å². The van der Waals surface area contributed by atoms with Crippen molar-refractivity contribution in [2.45, 2.75) is 12.5 Å². The van der Waals surface area contributed by atoms with Gasteiger partial charge in [-0.3, -0.25) is 4.98 Å². The summed E-state index contributed by atoms with van der Waals surface area (Å²) in [5.74, 6) is 0. The van der Waals surface area contributed by atoms with Crippen LogP contribution in [0.1, 0.15) is 18.2 Å². The summed E-state index contributed by atoms with van der Waals surface area (Å²) in [6.45, 7) is 3.68. The van der Waals surface area contributed by atoms with E-state index in [9.17, 15) is 0 Å². The van der Waals surface area contributed by atoms with Gasteiger partial charge in [-0.1, -0.05) is 30.3 Å². The SMILES string of the molecule is C=CC[C@H](N)c1ccc2ccccc2n1. The highest BCUT2D eigenvalue weighted by atomic mass is 14.8. The van der Waals surface area contributed by atoms with Gasteiger partial charge in [-0.25, -0.2) is 0 Å². The molecule has 0 saturated carbocycles. The molecule has 0 unspecified atom stereocenters. The van der Waals surface area contributed by atoms with E-state index in [2.05, 4.69) is 17.6 Å². The first-order chi connectivity index (χ1) is 7.31. The zero-order valence-electron chi connectivity index (χ0n) is 8.56. The highest BCUT2D eigenvalue weighted by Gasteiger charge is 2.05. The van der Waals surface area contributed by atoms with E-state index in [0.29, 0.717) is 0 Å². The Labute approximate surface area is 89.4 Å². The van der Waals surface area contributed by atoms with Crippen LogP contribution >= 0.6 is 0 Å². The number of nitrogens with two attached hydrogens (primary N) is 1. The van der Waals surface area contributed by atoms with Crippen LogP contribution in [0, 0.1) is 0 Å². The van der Waals surface area contributed by atoms with Crippen molar-refractivity contribution in [1.29, 1.82) is 0 Å². The summed E-state index contributed by atoms with van der Waals surface area (Å²) >= 11 is 0. The van der Waals surface area contributed by atoms with Crippen LogP contribution in [-0.4, -0.2) is 4.98 Å². The minimum atomic E-state index is -0.0490. The number of pyridine rings is 1. The molecule has 0 fully saturated rings. The van der Waals surface area contributed by atoms with Gasteiger partial charge in [-0.05, 0) is 18.6 Å². The van der Waals surface area contributed by atoms with Crippen molar-refractivity contribution in [3.05, 3.63) is 54.7 Å². The Morgan fingerprint density at radius 1 is 1.27 bits per heavy atom. The molecule has 1 aromatic carbocycles. The molecule has 0 amide bonds. The molecule has 2 aromatic rings. The number of hydrogen-bond donors (Lipinski definition) is 1. The topological polar surface area (TPSA) is 38.9 Å². The van der Waals surface area contributed by atoms with Crippen molar-refractivity contribution in [3.63, 3.8) is 0 Å². The van der Waals surface area contributed by atoms with Crippen molar-refractivity contribution < 1.29 is 0 Å². The third kappa shape index (κ3) is 2.05. The monoisotopic (exact) mass is 198 g/mol. The molecule has 1 aromatic heterocycles. The fourth-order valence-electron chi connectivity index (χ4n) is 1.59. The molecule has 0 aliphatic heterocycles. The summed E-state index contributed by atoms with van der Waals surface area (Å²) in [6.07, 6.45) is 2.58. The molecule has 2 rings (SSSR count). The van der Waals surface area contributed by atoms with Crippen LogP contribution in [0.15, 0.2) is 49.1 Å². The second-order valence-corrected chi connectivity index (χ2v) is 3.56. The zero-order valence-corrected chi connectivity index (χ0v) is 8.56. The van der Waals surface area contributed by atoms with Gasteiger partial charge in [0.25, 0.3) is 0 Å². The Morgan fingerprint density at radius 2 is 2.07 bits per heavy atom. The lowest BCUT2D eigenvalue weighted by atomic mass is 10.1. The molecular formula is C13H14N2. The summed E-state index contributed by atoms with van der Waals surface area (Å²) < 4.78 is 0. The highest BCUT2D eigenvalue weighted by Crippen LogP contribution is 2.17. The number of nitrogens with zero attached hydrogens (tertiary/aromatic N) is 1. The molecule has 2 nitrogen and oxygen atoms in total. The fourth-order valence-corrected chi connectivity index (χ4v) is 1.59. The molecule has 0 bridgehead atoms. The minimum Gasteiger partial charge on any atom is -0.322 e. The van der Waals surface area contributed by atoms with E-state index in [4.69, 9.17) is 5.73 Å². The van der Waals surface area contributed by atoms with Crippen molar-refractivity contribution in [2.24, 2.45) is 5.73 Å². The van der Waals surface area contributed by atoms with Crippen LogP contribution in [0.2, 0.25) is 0 Å². The Kier molecular flexibility index (Phi) is 2.79. The van der Waals surface area contributed by atoms with E-state index >= 15 is 0 Å². The first-order valence-electron chi connectivity index (χ1n) is 5.03. The van der Waals surface area contributed by atoms with Gasteiger partial charge in [0.05, 0.1) is 17.3 Å². The lowest BCUT2D eigenvalue weighted by molar-refractivity contribution is 0.718. The standard InChI is InChI=1S/C13H14N2/c1-2-5-11(14)13-9-8-10-6-3-4-7-12(10)15-13/h2-4,6-9,11H,1,5,14H2/t11-/m0/s1. The second kappa shape index (κ2) is 4.24. The summed E-state index contributed by atoms with van der Waals surface area (Å²) in [5.41, 5.74) is 7.88. The minimum absolute atomic E-state index is 0.0490. The molecule has 15 heavy (non-hydrogen) atoms. The number of para-hydroxylation sites is 1. The Morgan fingerprint density at radius 3 is 2.87 bits per heavy atom. The van der Waals surface area contributed by atoms with E-state index in [-0.39, 0.29) is 6.04 Å². The molecule has 1 heterocycles. The molecular weight excluding hydrogens is 184 g/mol. The van der Waals surface area contributed by atoms with Crippen LogP contribution in [0.25, 0.3) is 10.9 Å². The van der Waals surface area contributed by atoms with E-state index in [1.807, 2.05) is 36.4 Å². The number of rotatable bonds is 3. The van der Waals surface area contributed by atoms with Crippen molar-refractivity contribution >= 4 is 10.9 Å². The van der Waals surface area contributed by atoms with Crippen LogP contribution in [0.4, 0.5) is 0 Å². The maximum atomic E-state index is 5.96. The second-order valence-electron chi connectivity index (χ2n) is 3.56. The van der Waals surface area contributed by atoms with Crippen molar-refractivity contribution in [3.8, 4) is 0 Å². The van der Waals surface area contributed by atoms with Crippen LogP contribution in [-0.2, 0) is 0 Å². The molecule has 0 radical (unpaired) electrons. The number of fused-ring (bicyclic) bond motifs is 1. The lowest BCUT2D eigenvalue weighted by Gasteiger charge is -2.08. The van der Waals surface area contributed by atoms with Gasteiger partial charge in [0.2, 0.25) is 0 Å². The van der Waals surface area contributed by atoms with E-state index in [0.717, 1.165) is 23.0 Å². The van der Waals surface area contributed by atoms with Crippen molar-refractivity contribution in [2.75, 3.05) is 0 Å². The maximum absolute atomic E-state index is 5.96. The highest BCUT2D eigenvalue weighted by molar-refractivity contribution is 5.78. The van der Waals surface area contributed by atoms with Gasteiger partial charge >= 0.3 is 0 Å². The van der Waals surface area contributed by atoms with Gasteiger partial charge in [0.1, 0.15) is 0 Å². The lowest BCUT2D eigenvalue weighted by Crippen LogP contribution is -2.10. The largest absolute Gasteiger partial charge is 0.322 e. The normalized spacial score (nSPS) is 12.6. The fraction of sp³-hybridized carbons (Fsp3) is 0.154. The average Bonchev–Trinajstić information content (AvgIpc) is 2.29. The van der Waals surface area contributed by atoms with Gasteiger partial charge in [-0.15, -0.1) is 6.58 Å². The molecule has 0 saturated heterocycles. The summed E-state index contributed by atoms with van der Waals surface area (Å²) in [5, 5.41) is 1.15. The predicted octanol–water partition coefficient (Wildman–Crippen LogP) is 2.81. The Balaban J connectivity index is 2.42. The molecule has 2 heteroatoms. The third-order valence-corrected chi connectivity index (χ3v) is 2.42. The summed E-state index contributed by atoms with van der Waals surface area (Å²) in [7, 11) is 0. The van der Waals surface area contributed by atoms with E-state index in [1.54, 1.807) is 0 Å². The average molecular weight is 198 g/mol. The number of aromatic nitrogens is 1. The molecule has 0 aliphatic rings. The predicted molar refractivity (Wildman–Crippen MR) is 63.5 cm³/mol. The molecule has 0 aliphatic carbocycles. The van der Waals surface area contributed by atoms with Gasteiger partial charge in [0, 0.05) is 5.39 Å². The molecule has 0 spiro atoms. The maximum Gasteiger partial charge on any atom is 0.0706 e. The molecule has 1 atom stereocenters. The third-order valence-electron chi connectivity index (χ3n) is 2.42. The van der Waals surface area contributed by atoms with Crippen LogP contribution in [0.3, 0.4) is 0 Å². The summed E-state index contributed by atoms with van der Waals surface area (Å²) in [6, 6.07) is 12.0. The van der Waals surface area contributed by atoms with Crippen LogP contribution < -0.4 is 5.73 Å². The zero-order chi connectivity index (χ0) is 10.7. The number of benzene rings is 1. The first-order valence-corrected chi connectivity index (χ1v) is 5.03.